The quantitative estimate of drug-likeness (QED) is 0.769. The SMILES string of the molecule is CC(C)CC(N)C(=O)N1CCN(CCC#N)CC1. The van der Waals surface area contributed by atoms with Gasteiger partial charge in [-0.1, -0.05) is 13.8 Å². The van der Waals surface area contributed by atoms with Crippen LogP contribution >= 0.6 is 0 Å². The number of piperazine rings is 1. The minimum absolute atomic E-state index is 0.0728. The topological polar surface area (TPSA) is 73.4 Å². The van der Waals surface area contributed by atoms with E-state index in [2.05, 4.69) is 24.8 Å². The van der Waals surface area contributed by atoms with Crippen LogP contribution in [0.2, 0.25) is 0 Å². The van der Waals surface area contributed by atoms with Crippen LogP contribution in [0.15, 0.2) is 0 Å². The minimum Gasteiger partial charge on any atom is -0.339 e. The molecule has 0 aromatic heterocycles. The van der Waals surface area contributed by atoms with E-state index in [1.807, 2.05) is 4.90 Å². The highest BCUT2D eigenvalue weighted by molar-refractivity contribution is 5.81. The van der Waals surface area contributed by atoms with Gasteiger partial charge in [0.2, 0.25) is 5.91 Å². The first-order chi connectivity index (χ1) is 8.54. The van der Waals surface area contributed by atoms with Crippen LogP contribution in [-0.4, -0.2) is 54.5 Å². The molecule has 0 spiro atoms. The highest BCUT2D eigenvalue weighted by Crippen LogP contribution is 2.09. The van der Waals surface area contributed by atoms with Gasteiger partial charge in [-0.25, -0.2) is 0 Å². The molecule has 102 valence electrons. The van der Waals surface area contributed by atoms with Gasteiger partial charge in [-0.05, 0) is 12.3 Å². The van der Waals surface area contributed by atoms with Crippen LogP contribution in [0.25, 0.3) is 0 Å². The molecule has 0 aromatic carbocycles. The monoisotopic (exact) mass is 252 g/mol. The Morgan fingerprint density at radius 3 is 2.44 bits per heavy atom. The number of nitrogens with two attached hydrogens (primary N) is 1. The van der Waals surface area contributed by atoms with E-state index in [0.717, 1.165) is 39.1 Å². The maximum absolute atomic E-state index is 12.1. The van der Waals surface area contributed by atoms with E-state index in [4.69, 9.17) is 11.0 Å². The predicted octanol–water partition coefficient (Wildman–Crippen LogP) is 0.418. The lowest BCUT2D eigenvalue weighted by molar-refractivity contribution is -0.134. The van der Waals surface area contributed by atoms with Crippen LogP contribution in [0.5, 0.6) is 0 Å². The van der Waals surface area contributed by atoms with Gasteiger partial charge in [-0.15, -0.1) is 0 Å². The molecule has 1 saturated heterocycles. The molecule has 0 saturated carbocycles. The minimum atomic E-state index is -0.365. The summed E-state index contributed by atoms with van der Waals surface area (Å²) in [5.41, 5.74) is 5.92. The van der Waals surface area contributed by atoms with Crippen molar-refractivity contribution in [2.45, 2.75) is 32.7 Å². The molecule has 5 nitrogen and oxygen atoms in total. The zero-order valence-electron chi connectivity index (χ0n) is 11.4. The van der Waals surface area contributed by atoms with Gasteiger partial charge in [0.1, 0.15) is 0 Å². The molecule has 1 unspecified atom stereocenters. The summed E-state index contributed by atoms with van der Waals surface area (Å²) in [5.74, 6) is 0.518. The molecule has 1 fully saturated rings. The Bertz CT molecular complexity index is 303. The summed E-state index contributed by atoms with van der Waals surface area (Å²) in [6.07, 6.45) is 1.30. The number of hydrogen-bond donors (Lipinski definition) is 1. The predicted molar refractivity (Wildman–Crippen MR) is 70.7 cm³/mol. The molecule has 1 amide bonds. The largest absolute Gasteiger partial charge is 0.339 e. The third-order valence-electron chi connectivity index (χ3n) is 3.27. The summed E-state index contributed by atoms with van der Waals surface area (Å²) in [4.78, 5) is 16.2. The zero-order chi connectivity index (χ0) is 13.5. The normalized spacial score (nSPS) is 18.7. The average molecular weight is 252 g/mol. The van der Waals surface area contributed by atoms with E-state index in [1.54, 1.807) is 0 Å². The smallest absolute Gasteiger partial charge is 0.239 e. The number of rotatable bonds is 5. The molecule has 1 aliphatic heterocycles. The number of amides is 1. The molecule has 0 aliphatic carbocycles. The fourth-order valence-electron chi connectivity index (χ4n) is 2.24. The molecule has 18 heavy (non-hydrogen) atoms. The van der Waals surface area contributed by atoms with E-state index in [1.165, 1.54) is 0 Å². The highest BCUT2D eigenvalue weighted by atomic mass is 16.2. The average Bonchev–Trinajstić information content (AvgIpc) is 2.35. The van der Waals surface area contributed by atoms with Crippen LogP contribution in [0, 0.1) is 17.2 Å². The fraction of sp³-hybridized carbons (Fsp3) is 0.846. The van der Waals surface area contributed by atoms with E-state index in [0.29, 0.717) is 12.3 Å². The maximum atomic E-state index is 12.1. The number of nitriles is 1. The molecular weight excluding hydrogens is 228 g/mol. The van der Waals surface area contributed by atoms with Gasteiger partial charge in [0, 0.05) is 39.1 Å². The molecule has 1 rings (SSSR count). The molecule has 1 atom stereocenters. The lowest BCUT2D eigenvalue weighted by Crippen LogP contribution is -2.53. The molecule has 0 aromatic rings. The molecule has 1 aliphatic rings. The summed E-state index contributed by atoms with van der Waals surface area (Å²) in [6.45, 7) is 8.12. The third-order valence-corrected chi connectivity index (χ3v) is 3.27. The first-order valence-electron chi connectivity index (χ1n) is 6.68. The Balaban J connectivity index is 2.33. The first kappa shape index (κ1) is 14.9. The van der Waals surface area contributed by atoms with Crippen molar-refractivity contribution in [2.75, 3.05) is 32.7 Å². The van der Waals surface area contributed by atoms with E-state index in [9.17, 15) is 4.79 Å². The highest BCUT2D eigenvalue weighted by Gasteiger charge is 2.25. The van der Waals surface area contributed by atoms with E-state index < -0.39 is 0 Å². The van der Waals surface area contributed by atoms with Crippen molar-refractivity contribution < 1.29 is 4.79 Å². The maximum Gasteiger partial charge on any atom is 0.239 e. The second kappa shape index (κ2) is 7.34. The lowest BCUT2D eigenvalue weighted by atomic mass is 10.0. The zero-order valence-corrected chi connectivity index (χ0v) is 11.4. The van der Waals surface area contributed by atoms with E-state index in [-0.39, 0.29) is 11.9 Å². The van der Waals surface area contributed by atoms with Gasteiger partial charge < -0.3 is 10.6 Å². The number of hydrogen-bond acceptors (Lipinski definition) is 4. The Hall–Kier alpha value is -1.12. The van der Waals surface area contributed by atoms with Crippen molar-refractivity contribution in [3.05, 3.63) is 0 Å². The van der Waals surface area contributed by atoms with Crippen LogP contribution in [0.4, 0.5) is 0 Å². The van der Waals surface area contributed by atoms with Crippen LogP contribution in [-0.2, 0) is 4.79 Å². The Labute approximate surface area is 110 Å². The van der Waals surface area contributed by atoms with Crippen molar-refractivity contribution in [1.82, 2.24) is 9.80 Å². The lowest BCUT2D eigenvalue weighted by Gasteiger charge is -2.35. The van der Waals surface area contributed by atoms with Gasteiger partial charge in [0.15, 0.2) is 0 Å². The molecular formula is C13H24N4O. The molecule has 0 bridgehead atoms. The number of carbonyl (C=O) groups is 1. The van der Waals surface area contributed by atoms with Crippen molar-refractivity contribution in [3.63, 3.8) is 0 Å². The molecule has 1 heterocycles. The summed E-state index contributed by atoms with van der Waals surface area (Å²) in [7, 11) is 0. The van der Waals surface area contributed by atoms with Crippen LogP contribution in [0.1, 0.15) is 26.7 Å². The van der Waals surface area contributed by atoms with Gasteiger partial charge >= 0.3 is 0 Å². The van der Waals surface area contributed by atoms with Gasteiger partial charge in [-0.3, -0.25) is 9.69 Å². The van der Waals surface area contributed by atoms with Crippen molar-refractivity contribution in [3.8, 4) is 6.07 Å². The third kappa shape index (κ3) is 4.63. The number of carbonyl (C=O) groups excluding carboxylic acids is 1. The summed E-state index contributed by atoms with van der Waals surface area (Å²) in [6, 6.07) is 1.78. The van der Waals surface area contributed by atoms with Crippen molar-refractivity contribution >= 4 is 5.91 Å². The fourth-order valence-corrected chi connectivity index (χ4v) is 2.24. The van der Waals surface area contributed by atoms with Crippen LogP contribution in [0.3, 0.4) is 0 Å². The van der Waals surface area contributed by atoms with Crippen molar-refractivity contribution in [2.24, 2.45) is 11.7 Å². The second-order valence-electron chi connectivity index (χ2n) is 5.31. The molecule has 0 radical (unpaired) electrons. The van der Waals surface area contributed by atoms with E-state index >= 15 is 0 Å². The number of nitrogens with zero attached hydrogens (tertiary/aromatic N) is 3. The second-order valence-corrected chi connectivity index (χ2v) is 5.31. The molecule has 2 N–H and O–H groups in total. The molecule has 5 heteroatoms. The van der Waals surface area contributed by atoms with Gasteiger partial charge in [0.05, 0.1) is 12.1 Å². The summed E-state index contributed by atoms with van der Waals surface area (Å²) < 4.78 is 0. The van der Waals surface area contributed by atoms with Gasteiger partial charge in [0.25, 0.3) is 0 Å². The van der Waals surface area contributed by atoms with Crippen molar-refractivity contribution in [1.29, 1.82) is 5.26 Å². The van der Waals surface area contributed by atoms with Crippen LogP contribution < -0.4 is 5.73 Å². The Kier molecular flexibility index (Phi) is 6.10. The first-order valence-corrected chi connectivity index (χ1v) is 6.68. The summed E-state index contributed by atoms with van der Waals surface area (Å²) >= 11 is 0. The standard InChI is InChI=1S/C13H24N4O/c1-11(2)10-12(15)13(18)17-8-6-16(7-9-17)5-3-4-14/h11-12H,3,5-10,15H2,1-2H3. The Morgan fingerprint density at radius 1 is 1.33 bits per heavy atom. The Morgan fingerprint density at radius 2 is 1.94 bits per heavy atom. The summed E-state index contributed by atoms with van der Waals surface area (Å²) in [5, 5.41) is 8.54. The van der Waals surface area contributed by atoms with Gasteiger partial charge in [-0.2, -0.15) is 5.26 Å².